The van der Waals surface area contributed by atoms with Crippen molar-refractivity contribution in [2.24, 2.45) is 0 Å². The first kappa shape index (κ1) is 124. The van der Waals surface area contributed by atoms with E-state index in [0.717, 1.165) is 64.2 Å². The molecule has 94 heavy (non-hydrogen) atoms. The van der Waals surface area contributed by atoms with Gasteiger partial charge in [0.2, 0.25) is 0 Å². The van der Waals surface area contributed by atoms with E-state index < -0.39 is 90.9 Å². The molecule has 0 fully saturated rings. The van der Waals surface area contributed by atoms with Crippen LogP contribution in [0.4, 0.5) is 0 Å². The fourth-order valence-corrected chi connectivity index (χ4v) is 53.8. The quantitative estimate of drug-likeness (QED) is 0.0246. The summed E-state index contributed by atoms with van der Waals surface area (Å²) in [5.74, 6) is -0.333. The Balaban J connectivity index is -0.000000102. The van der Waals surface area contributed by atoms with E-state index in [1.54, 1.807) is 6.08 Å². The number of allylic oxidation sites excluding steroid dienone is 1. The van der Waals surface area contributed by atoms with E-state index in [1.807, 2.05) is 6.08 Å². The second-order valence-corrected chi connectivity index (χ2v) is 66.9. The minimum Gasteiger partial charge on any atom is -0.469 e. The molecule has 0 aromatic carbocycles. The SMILES string of the molecule is C.C.C.C.C.C.C.C.C.C=CCCCCCCCCC(=O)OC.C=CCOCCCCC.CCCCCCCCCC(C(=O)OC)[Si](C)(O[Si](C)(C)O[Si](C)(C)C)O[Si](C)(CCCOCCCCC)O[Si](C)(C)O[Si](C)(C)C.C[SiH](O[Si](C)(C)C)O[Si](C)(C)O[Si](C)(C)C. The maximum absolute atomic E-state index is 13.7. The normalized spacial score (nSPS) is 13.3. The van der Waals surface area contributed by atoms with Gasteiger partial charge in [-0.2, -0.15) is 0 Å². The van der Waals surface area contributed by atoms with Gasteiger partial charge in [0.05, 0.1) is 26.4 Å². The largest absolute Gasteiger partial charge is 0.469 e. The van der Waals surface area contributed by atoms with Crippen LogP contribution in [0.1, 0.15) is 235 Å². The summed E-state index contributed by atoms with van der Waals surface area (Å²) >= 11 is 0. The van der Waals surface area contributed by atoms with Gasteiger partial charge in [-0.1, -0.05) is 196 Å². The zero-order chi connectivity index (χ0) is 66.5. The molecule has 0 radical (unpaired) electrons. The van der Waals surface area contributed by atoms with E-state index in [9.17, 15) is 9.59 Å². The Hall–Kier alpha value is 0.189. The number of rotatable bonds is 49. The molecule has 0 saturated carbocycles. The molecule has 4 atom stereocenters. The third kappa shape index (κ3) is 84.6. The molecule has 0 spiro atoms. The van der Waals surface area contributed by atoms with Crippen molar-refractivity contribution in [1.29, 1.82) is 0 Å². The molecule has 4 unspecified atom stereocenters. The third-order valence-corrected chi connectivity index (χ3v) is 47.1. The minimum absolute atomic E-state index is 0. The zero-order valence-electron chi connectivity index (χ0n) is 60.7. The molecule has 0 amide bonds. The molecule has 0 rings (SSSR count). The topological polar surface area (TPSA) is 145 Å². The van der Waals surface area contributed by atoms with Gasteiger partial charge in [0.1, 0.15) is 0 Å². The monoisotopic (exact) mass is 1520 g/mol. The lowest BCUT2D eigenvalue weighted by atomic mass is 10.1. The number of methoxy groups -OCH3 is 2. The molecule has 0 N–H and O–H groups in total. The third-order valence-electron chi connectivity index (χ3n) is 12.4. The average molecular weight is 1530 g/mol. The lowest BCUT2D eigenvalue weighted by Crippen LogP contribution is -2.64. The van der Waals surface area contributed by atoms with Crippen molar-refractivity contribution < 1.29 is 61.5 Å². The van der Waals surface area contributed by atoms with Crippen LogP contribution >= 0.6 is 0 Å². The number of carbonyl (C=O) groups excluding carboxylic acids is 2. The van der Waals surface area contributed by atoms with E-state index in [2.05, 4.69) is 176 Å². The van der Waals surface area contributed by atoms with Gasteiger partial charge in [0.15, 0.2) is 33.3 Å². The lowest BCUT2D eigenvalue weighted by molar-refractivity contribution is -0.142. The number of hydrogen-bond donors (Lipinski definition) is 0. The maximum atomic E-state index is 13.7. The summed E-state index contributed by atoms with van der Waals surface area (Å²) < 4.78 is 74.5. The smallest absolute Gasteiger partial charge is 0.331 e. The Morgan fingerprint density at radius 3 is 1.19 bits per heavy atom. The van der Waals surface area contributed by atoms with Crippen LogP contribution in [0.2, 0.25) is 149 Å². The maximum Gasteiger partial charge on any atom is 0.331 e. The minimum atomic E-state index is -3.30. The van der Waals surface area contributed by atoms with Gasteiger partial charge >= 0.3 is 54.7 Å². The molecule has 0 heterocycles. The van der Waals surface area contributed by atoms with Crippen LogP contribution in [-0.4, -0.2) is 138 Å². The molecule has 0 aliphatic carbocycles. The number of carbonyl (C=O) groups is 2. The van der Waals surface area contributed by atoms with Gasteiger partial charge < -0.3 is 51.9 Å². The molecule has 0 aliphatic heterocycles. The Morgan fingerprint density at radius 2 is 0.787 bits per heavy atom. The van der Waals surface area contributed by atoms with Crippen LogP contribution in [0.15, 0.2) is 25.3 Å². The van der Waals surface area contributed by atoms with Gasteiger partial charge in [-0.05, 0) is 188 Å². The number of hydrogen-bond acceptors (Lipinski definition) is 14. The highest BCUT2D eigenvalue weighted by Crippen LogP contribution is 2.39. The summed E-state index contributed by atoms with van der Waals surface area (Å²) in [5, 5.41) is 0. The first-order valence-electron chi connectivity index (χ1n) is 33.1. The van der Waals surface area contributed by atoms with E-state index in [0.29, 0.717) is 26.1 Å². The summed E-state index contributed by atoms with van der Waals surface area (Å²) in [5.41, 5.74) is -0.478. The second kappa shape index (κ2) is 67.7. The molecular formula is C70H178O14Si10. The Kier molecular flexibility index (Phi) is 89.3. The highest BCUT2D eigenvalue weighted by molar-refractivity contribution is 6.93. The first-order chi connectivity index (χ1) is 39.1. The molecule has 0 saturated heterocycles. The van der Waals surface area contributed by atoms with Crippen molar-refractivity contribution >= 4 is 97.3 Å². The summed E-state index contributed by atoms with van der Waals surface area (Å²) in [7, 11) is -18.9. The Labute approximate surface area is 605 Å². The van der Waals surface area contributed by atoms with Crippen molar-refractivity contribution in [1.82, 2.24) is 0 Å². The van der Waals surface area contributed by atoms with Gasteiger partial charge in [-0.25, -0.2) is 0 Å². The molecule has 14 nitrogen and oxygen atoms in total. The van der Waals surface area contributed by atoms with E-state index in [4.69, 9.17) is 47.1 Å². The Bertz CT molecular complexity index is 1660. The predicted octanol–water partition coefficient (Wildman–Crippen LogP) is 25.4. The fourth-order valence-electron chi connectivity index (χ4n) is 10.0. The van der Waals surface area contributed by atoms with Crippen molar-refractivity contribution in [3.63, 3.8) is 0 Å². The molecule has 24 heteroatoms. The van der Waals surface area contributed by atoms with E-state index in [-0.39, 0.29) is 78.8 Å². The number of ether oxygens (including phenoxy) is 4. The van der Waals surface area contributed by atoms with Crippen LogP contribution in [0.5, 0.6) is 0 Å². The first-order valence-corrected chi connectivity index (χ1v) is 62.2. The van der Waals surface area contributed by atoms with Crippen LogP contribution in [0.25, 0.3) is 0 Å². The summed E-state index contributed by atoms with van der Waals surface area (Å²) in [6.45, 7) is 62.3. The number of esters is 2. The second-order valence-electron chi connectivity index (χ2n) is 28.2. The molecular weight excluding hydrogens is 1350 g/mol. The van der Waals surface area contributed by atoms with E-state index >= 15 is 0 Å². The van der Waals surface area contributed by atoms with Crippen LogP contribution in [0.3, 0.4) is 0 Å². The fraction of sp³-hybridized carbons (Fsp3) is 0.914. The molecule has 0 bridgehead atoms. The van der Waals surface area contributed by atoms with Crippen molar-refractivity contribution in [3.8, 4) is 0 Å². The number of unbranched alkanes of at least 4 members (excludes halogenated alkanes) is 16. The highest BCUT2D eigenvalue weighted by Gasteiger charge is 2.56. The molecule has 0 aromatic rings. The van der Waals surface area contributed by atoms with Crippen molar-refractivity contribution in [2.75, 3.05) is 40.6 Å². The highest BCUT2D eigenvalue weighted by atomic mass is 28.5. The molecule has 0 aliphatic rings. The van der Waals surface area contributed by atoms with Crippen LogP contribution < -0.4 is 0 Å². The van der Waals surface area contributed by atoms with Crippen molar-refractivity contribution in [2.45, 2.75) is 384 Å². The summed E-state index contributed by atoms with van der Waals surface area (Å²) in [4.78, 5) is 24.4. The lowest BCUT2D eigenvalue weighted by Gasteiger charge is -2.47. The Morgan fingerprint density at radius 1 is 0.404 bits per heavy atom. The zero-order valence-corrected chi connectivity index (χ0v) is 70.9. The molecule has 582 valence electrons. The van der Waals surface area contributed by atoms with E-state index in [1.165, 1.54) is 104 Å². The van der Waals surface area contributed by atoms with Crippen LogP contribution in [-0.2, 0) is 61.5 Å². The van der Waals surface area contributed by atoms with Crippen LogP contribution in [0, 0.1) is 0 Å². The summed E-state index contributed by atoms with van der Waals surface area (Å²) in [6.07, 6.45) is 29.5. The van der Waals surface area contributed by atoms with Crippen molar-refractivity contribution in [3.05, 3.63) is 25.3 Å². The average Bonchev–Trinajstić information content (AvgIpc) is 0.779. The van der Waals surface area contributed by atoms with Gasteiger partial charge in [-0.3, -0.25) is 9.59 Å². The summed E-state index contributed by atoms with van der Waals surface area (Å²) in [6, 6.07) is 0.737. The standard InChI is InChI=1S/C32H76O8Si6.C12H22O2.C9H28O3Si4.C8H16O.9CH4/c1-16-18-20-21-22-23-24-27-31(32(33)34-3)46(15,39-44(12,13)37-42(7,8)9)40-45(14,30-26-29-35-28-25-19-17-2)38-43(10,11)36-41(4,5)6;1-3-4-5-6-7-8-9-10-11-12(13)14-2;1-13(10-14(2,3)4)11-16(8,9)12-15(5,6)7;1-3-5-6-8-9-7-4-2;;;;;;;;;/h31H,16-30H2,1-15H3;3H,1,4-11H2,2H3;13H,1-9H3;4H,2-3,5-8H2,1H3;9*1H4. The van der Waals surface area contributed by atoms with Gasteiger partial charge in [0.25, 0.3) is 9.28 Å². The van der Waals surface area contributed by atoms with Gasteiger partial charge in [-0.15, -0.1) is 13.2 Å². The molecule has 0 aromatic heterocycles. The van der Waals surface area contributed by atoms with Gasteiger partial charge in [0, 0.05) is 26.2 Å². The predicted molar refractivity (Wildman–Crippen MR) is 449 cm³/mol.